The zero-order chi connectivity index (χ0) is 20.7. The minimum absolute atomic E-state index is 0.184. The minimum atomic E-state index is -0.483. The predicted molar refractivity (Wildman–Crippen MR) is 108 cm³/mol. The van der Waals surface area contributed by atoms with Crippen molar-refractivity contribution in [3.05, 3.63) is 22.8 Å². The Hall–Kier alpha value is -2.02. The molecule has 0 aliphatic heterocycles. The number of hydrogen-bond donors (Lipinski definition) is 2. The molecule has 2 rings (SSSR count). The molecule has 1 aromatic rings. The van der Waals surface area contributed by atoms with Gasteiger partial charge in [0, 0.05) is 24.7 Å². The number of hydrogen-bond acceptors (Lipinski definition) is 5. The van der Waals surface area contributed by atoms with Crippen LogP contribution in [0.15, 0.2) is 12.1 Å². The quantitative estimate of drug-likeness (QED) is 0.695. The van der Waals surface area contributed by atoms with Crippen LogP contribution < -0.4 is 15.4 Å². The SMILES string of the molecule is COc1cc(C(=O)NCC2CCC(CNC(=O)OC(C)(C)C)CC2)cc(Cl)n1. The molecule has 0 aromatic carbocycles. The van der Waals surface area contributed by atoms with Crippen LogP contribution in [-0.4, -0.2) is 42.8 Å². The molecule has 2 amide bonds. The molecular weight excluding hydrogens is 382 g/mol. The summed E-state index contributed by atoms with van der Waals surface area (Å²) in [6.07, 6.45) is 3.70. The summed E-state index contributed by atoms with van der Waals surface area (Å²) >= 11 is 5.92. The topological polar surface area (TPSA) is 89.6 Å². The van der Waals surface area contributed by atoms with Gasteiger partial charge in [-0.2, -0.15) is 0 Å². The number of carbonyl (C=O) groups excluding carboxylic acids is 2. The first-order valence-electron chi connectivity index (χ1n) is 9.63. The highest BCUT2D eigenvalue weighted by atomic mass is 35.5. The molecule has 0 spiro atoms. The Balaban J connectivity index is 1.70. The minimum Gasteiger partial charge on any atom is -0.481 e. The summed E-state index contributed by atoms with van der Waals surface area (Å²) in [7, 11) is 1.48. The van der Waals surface area contributed by atoms with Gasteiger partial charge in [-0.1, -0.05) is 11.6 Å². The lowest BCUT2D eigenvalue weighted by molar-refractivity contribution is 0.0512. The number of methoxy groups -OCH3 is 1. The van der Waals surface area contributed by atoms with Crippen LogP contribution in [0.4, 0.5) is 4.79 Å². The zero-order valence-electron chi connectivity index (χ0n) is 17.0. The molecule has 1 aliphatic carbocycles. The van der Waals surface area contributed by atoms with Crippen molar-refractivity contribution >= 4 is 23.6 Å². The van der Waals surface area contributed by atoms with E-state index >= 15 is 0 Å². The molecule has 1 saturated carbocycles. The molecule has 7 nitrogen and oxygen atoms in total. The Morgan fingerprint density at radius 2 is 1.68 bits per heavy atom. The molecule has 0 atom stereocenters. The number of pyridine rings is 1. The first kappa shape index (κ1) is 22.3. The van der Waals surface area contributed by atoms with E-state index in [2.05, 4.69) is 15.6 Å². The van der Waals surface area contributed by atoms with E-state index < -0.39 is 5.60 Å². The molecule has 0 unspecified atom stereocenters. The summed E-state index contributed by atoms with van der Waals surface area (Å²) in [4.78, 5) is 28.1. The maximum Gasteiger partial charge on any atom is 0.407 e. The fourth-order valence-corrected chi connectivity index (χ4v) is 3.43. The van der Waals surface area contributed by atoms with E-state index in [0.717, 1.165) is 25.7 Å². The van der Waals surface area contributed by atoms with Gasteiger partial charge in [0.25, 0.3) is 5.91 Å². The van der Waals surface area contributed by atoms with Crippen molar-refractivity contribution in [2.24, 2.45) is 11.8 Å². The van der Waals surface area contributed by atoms with Crippen LogP contribution in [0.25, 0.3) is 0 Å². The fourth-order valence-electron chi connectivity index (χ4n) is 3.23. The number of aromatic nitrogens is 1. The number of carbonyl (C=O) groups is 2. The van der Waals surface area contributed by atoms with Crippen molar-refractivity contribution in [1.29, 1.82) is 0 Å². The molecule has 1 heterocycles. The Kier molecular flexibility index (Phi) is 7.92. The second-order valence-electron chi connectivity index (χ2n) is 8.20. The summed E-state index contributed by atoms with van der Waals surface area (Å²) in [5, 5.41) is 6.04. The van der Waals surface area contributed by atoms with Crippen LogP contribution in [0.3, 0.4) is 0 Å². The second-order valence-corrected chi connectivity index (χ2v) is 8.59. The van der Waals surface area contributed by atoms with E-state index in [1.807, 2.05) is 20.8 Å². The Labute approximate surface area is 171 Å². The third-order valence-electron chi connectivity index (χ3n) is 4.69. The number of nitrogens with zero attached hydrogens (tertiary/aromatic N) is 1. The lowest BCUT2D eigenvalue weighted by Gasteiger charge is -2.29. The van der Waals surface area contributed by atoms with Gasteiger partial charge in [0.05, 0.1) is 7.11 Å². The highest BCUT2D eigenvalue weighted by Crippen LogP contribution is 2.28. The van der Waals surface area contributed by atoms with Gasteiger partial charge in [0.15, 0.2) is 0 Å². The standard InChI is InChI=1S/C20H30ClN3O4/c1-20(2,3)28-19(26)23-12-14-7-5-13(6-8-14)11-22-18(25)15-9-16(21)24-17(10-15)27-4/h9-10,13-14H,5-8,11-12H2,1-4H3,(H,22,25)(H,23,26). The smallest absolute Gasteiger partial charge is 0.407 e. The number of ether oxygens (including phenoxy) is 2. The van der Waals surface area contributed by atoms with Crippen LogP contribution in [0.1, 0.15) is 56.8 Å². The predicted octanol–water partition coefficient (Wildman–Crippen LogP) is 3.80. The number of amides is 2. The molecule has 28 heavy (non-hydrogen) atoms. The lowest BCUT2D eigenvalue weighted by atomic mass is 9.82. The molecule has 0 radical (unpaired) electrons. The molecule has 0 saturated heterocycles. The van der Waals surface area contributed by atoms with Gasteiger partial charge in [-0.3, -0.25) is 4.79 Å². The van der Waals surface area contributed by atoms with E-state index in [0.29, 0.717) is 36.4 Å². The highest BCUT2D eigenvalue weighted by Gasteiger charge is 2.23. The van der Waals surface area contributed by atoms with Crippen molar-refractivity contribution in [2.75, 3.05) is 20.2 Å². The van der Waals surface area contributed by atoms with Crippen LogP contribution in [0.2, 0.25) is 5.15 Å². The first-order chi connectivity index (χ1) is 13.2. The molecule has 156 valence electrons. The third kappa shape index (κ3) is 7.54. The molecule has 2 N–H and O–H groups in total. The average molecular weight is 412 g/mol. The number of alkyl carbamates (subject to hydrolysis) is 1. The van der Waals surface area contributed by atoms with Gasteiger partial charge in [0.2, 0.25) is 5.88 Å². The maximum atomic E-state index is 12.3. The van der Waals surface area contributed by atoms with E-state index in [1.54, 1.807) is 6.07 Å². The summed E-state index contributed by atoms with van der Waals surface area (Å²) in [5.74, 6) is 1.01. The van der Waals surface area contributed by atoms with Gasteiger partial charge in [-0.15, -0.1) is 0 Å². The van der Waals surface area contributed by atoms with E-state index in [-0.39, 0.29) is 17.2 Å². The molecule has 8 heteroatoms. The van der Waals surface area contributed by atoms with Gasteiger partial charge in [-0.05, 0) is 64.4 Å². The normalized spacial score (nSPS) is 19.6. The van der Waals surface area contributed by atoms with Gasteiger partial charge in [-0.25, -0.2) is 9.78 Å². The van der Waals surface area contributed by atoms with Crippen molar-refractivity contribution in [1.82, 2.24) is 15.6 Å². The van der Waals surface area contributed by atoms with Crippen molar-refractivity contribution in [3.63, 3.8) is 0 Å². The van der Waals surface area contributed by atoms with E-state index in [4.69, 9.17) is 21.1 Å². The lowest BCUT2D eigenvalue weighted by Crippen LogP contribution is -2.37. The fraction of sp³-hybridized carbons (Fsp3) is 0.650. The summed E-state index contributed by atoms with van der Waals surface area (Å²) in [6.45, 7) is 6.79. The van der Waals surface area contributed by atoms with Crippen molar-refractivity contribution in [2.45, 2.75) is 52.1 Å². The number of rotatable bonds is 6. The number of halogens is 1. The van der Waals surface area contributed by atoms with Gasteiger partial charge < -0.3 is 20.1 Å². The molecular formula is C20H30ClN3O4. The second kappa shape index (κ2) is 9.96. The summed E-state index contributed by atoms with van der Waals surface area (Å²) < 4.78 is 10.3. The summed E-state index contributed by atoms with van der Waals surface area (Å²) in [6, 6.07) is 3.10. The molecule has 1 fully saturated rings. The highest BCUT2D eigenvalue weighted by molar-refractivity contribution is 6.29. The molecule has 1 aliphatic rings. The van der Waals surface area contributed by atoms with E-state index in [9.17, 15) is 9.59 Å². The third-order valence-corrected chi connectivity index (χ3v) is 4.89. The van der Waals surface area contributed by atoms with Gasteiger partial charge in [0.1, 0.15) is 10.8 Å². The number of nitrogens with one attached hydrogen (secondary N) is 2. The molecule has 0 bridgehead atoms. The Morgan fingerprint density at radius 3 is 2.21 bits per heavy atom. The zero-order valence-corrected chi connectivity index (χ0v) is 17.8. The Bertz CT molecular complexity index is 683. The maximum absolute atomic E-state index is 12.3. The van der Waals surface area contributed by atoms with E-state index in [1.165, 1.54) is 13.2 Å². The average Bonchev–Trinajstić information content (AvgIpc) is 2.63. The van der Waals surface area contributed by atoms with Crippen molar-refractivity contribution in [3.8, 4) is 5.88 Å². The Morgan fingerprint density at radius 1 is 1.11 bits per heavy atom. The van der Waals surface area contributed by atoms with Crippen LogP contribution in [-0.2, 0) is 4.74 Å². The monoisotopic (exact) mass is 411 g/mol. The van der Waals surface area contributed by atoms with Crippen LogP contribution in [0.5, 0.6) is 5.88 Å². The van der Waals surface area contributed by atoms with Crippen LogP contribution in [0, 0.1) is 11.8 Å². The van der Waals surface area contributed by atoms with Crippen LogP contribution >= 0.6 is 11.6 Å². The summed E-state index contributed by atoms with van der Waals surface area (Å²) in [5.41, 5.74) is -0.0460. The largest absolute Gasteiger partial charge is 0.481 e. The first-order valence-corrected chi connectivity index (χ1v) is 10.0. The molecule has 1 aromatic heterocycles. The van der Waals surface area contributed by atoms with Gasteiger partial charge >= 0.3 is 6.09 Å². The van der Waals surface area contributed by atoms with Crippen molar-refractivity contribution < 1.29 is 19.1 Å².